The molecule has 2 atom stereocenters. The van der Waals surface area contributed by atoms with Crippen molar-refractivity contribution in [3.8, 4) is 5.75 Å². The Kier molecular flexibility index (Phi) is 8.74. The summed E-state index contributed by atoms with van der Waals surface area (Å²) in [5.41, 5.74) is 0.452. The fourth-order valence-corrected chi connectivity index (χ4v) is 3.41. The van der Waals surface area contributed by atoms with Crippen LogP contribution in [0.3, 0.4) is 0 Å². The summed E-state index contributed by atoms with van der Waals surface area (Å²) in [4.78, 5) is 3.70. The quantitative estimate of drug-likeness (QED) is 0.496. The van der Waals surface area contributed by atoms with Gasteiger partial charge in [-0.2, -0.15) is 17.9 Å². The molecule has 0 spiro atoms. The average molecular weight is 465 g/mol. The van der Waals surface area contributed by atoms with E-state index < -0.39 is 34.2 Å². The number of nitrogens with one attached hydrogen (secondary N) is 2. The Bertz CT molecular complexity index is 940. The summed E-state index contributed by atoms with van der Waals surface area (Å²) in [6.07, 6.45) is -2.15. The lowest BCUT2D eigenvalue weighted by atomic mass is 10.1. The van der Waals surface area contributed by atoms with Gasteiger partial charge in [0.15, 0.2) is 0 Å². The van der Waals surface area contributed by atoms with Gasteiger partial charge in [0.05, 0.1) is 25.3 Å². The Balaban J connectivity index is 1.97. The Morgan fingerprint density at radius 3 is 2.39 bits per heavy atom. The van der Waals surface area contributed by atoms with Gasteiger partial charge in [-0.1, -0.05) is 24.3 Å². The molecule has 2 N–H and O–H groups in total. The second kappa shape index (κ2) is 10.8. The van der Waals surface area contributed by atoms with Gasteiger partial charge in [0.1, 0.15) is 23.7 Å². The van der Waals surface area contributed by atoms with Crippen molar-refractivity contribution in [1.82, 2.24) is 15.0 Å². The van der Waals surface area contributed by atoms with Crippen LogP contribution in [-0.4, -0.2) is 52.2 Å². The maximum absolute atomic E-state index is 13.2. The van der Waals surface area contributed by atoms with Crippen LogP contribution in [0, 0.1) is 5.82 Å². The molecule has 0 saturated heterocycles. The predicted molar refractivity (Wildman–Crippen MR) is 105 cm³/mol. The first-order valence-corrected chi connectivity index (χ1v) is 11.0. The first-order chi connectivity index (χ1) is 14.5. The highest BCUT2D eigenvalue weighted by Gasteiger charge is 2.42. The number of rotatable bonds is 11. The standard InChI is InChI=1S/C19H23F4N3O4S/c1-29-12-17(30-16-7-15(20)9-25-10-16)11-24-8-13-3-5-14(6-4-13)18(19(21,22)23)26-31(2,27)28/h3-7,9-10,17-18,24,26H,8,11-12H2,1-2H3/t17-,18-/m0/s1. The van der Waals surface area contributed by atoms with Gasteiger partial charge in [0.2, 0.25) is 10.0 Å². The van der Waals surface area contributed by atoms with Crippen LogP contribution in [0.25, 0.3) is 0 Å². The van der Waals surface area contributed by atoms with Gasteiger partial charge in [0.25, 0.3) is 0 Å². The van der Waals surface area contributed by atoms with Gasteiger partial charge < -0.3 is 14.8 Å². The van der Waals surface area contributed by atoms with E-state index in [-0.39, 0.29) is 17.9 Å². The van der Waals surface area contributed by atoms with Crippen LogP contribution < -0.4 is 14.8 Å². The number of halogens is 4. The molecule has 172 valence electrons. The molecule has 7 nitrogen and oxygen atoms in total. The molecule has 31 heavy (non-hydrogen) atoms. The molecule has 1 aromatic carbocycles. The van der Waals surface area contributed by atoms with E-state index in [4.69, 9.17) is 9.47 Å². The largest absolute Gasteiger partial charge is 0.485 e. The zero-order valence-electron chi connectivity index (χ0n) is 16.8. The summed E-state index contributed by atoms with van der Waals surface area (Å²) in [6, 6.07) is 4.23. The first-order valence-electron chi connectivity index (χ1n) is 9.07. The van der Waals surface area contributed by atoms with Crippen LogP contribution in [0.5, 0.6) is 5.75 Å². The molecular weight excluding hydrogens is 442 g/mol. The SMILES string of the molecule is COC[C@H](CNCc1ccc([C@H](NS(C)(=O)=O)C(F)(F)F)cc1)Oc1cncc(F)c1. The summed E-state index contributed by atoms with van der Waals surface area (Å²) < 4.78 is 87.7. The van der Waals surface area contributed by atoms with E-state index in [1.54, 1.807) is 4.72 Å². The zero-order chi connectivity index (χ0) is 23.1. The smallest absolute Gasteiger partial charge is 0.408 e. The monoisotopic (exact) mass is 465 g/mol. The Hall–Kier alpha value is -2.28. The molecule has 2 rings (SSSR count). The van der Waals surface area contributed by atoms with Gasteiger partial charge in [-0.3, -0.25) is 4.98 Å². The number of benzene rings is 1. The van der Waals surface area contributed by atoms with E-state index in [2.05, 4.69) is 10.3 Å². The molecule has 0 aliphatic rings. The number of sulfonamides is 1. The van der Waals surface area contributed by atoms with Crippen molar-refractivity contribution in [2.24, 2.45) is 0 Å². The molecule has 1 aromatic heterocycles. The van der Waals surface area contributed by atoms with Crippen molar-refractivity contribution in [3.63, 3.8) is 0 Å². The van der Waals surface area contributed by atoms with E-state index in [1.165, 1.54) is 43.6 Å². The Labute approximate surface area is 177 Å². The van der Waals surface area contributed by atoms with E-state index in [0.29, 0.717) is 24.9 Å². The molecule has 0 fully saturated rings. The van der Waals surface area contributed by atoms with Crippen molar-refractivity contribution in [2.75, 3.05) is 26.5 Å². The maximum atomic E-state index is 13.2. The summed E-state index contributed by atoms with van der Waals surface area (Å²) in [5.74, 6) is -0.297. The summed E-state index contributed by atoms with van der Waals surface area (Å²) in [5, 5.41) is 3.09. The summed E-state index contributed by atoms with van der Waals surface area (Å²) in [6.45, 7) is 0.835. The lowest BCUT2D eigenvalue weighted by molar-refractivity contribution is -0.153. The van der Waals surface area contributed by atoms with E-state index in [0.717, 1.165) is 6.20 Å². The number of nitrogens with zero attached hydrogens (tertiary/aromatic N) is 1. The highest BCUT2D eigenvalue weighted by atomic mass is 32.2. The molecule has 12 heteroatoms. The molecular formula is C19H23F4N3O4S. The summed E-state index contributed by atoms with van der Waals surface area (Å²) >= 11 is 0. The minimum atomic E-state index is -4.78. The van der Waals surface area contributed by atoms with Gasteiger partial charge in [0, 0.05) is 26.3 Å². The third kappa shape index (κ3) is 8.77. The number of hydrogen-bond donors (Lipinski definition) is 2. The minimum absolute atomic E-state index is 0.215. The fraction of sp³-hybridized carbons (Fsp3) is 0.421. The molecule has 0 unspecified atom stereocenters. The molecule has 0 bridgehead atoms. The van der Waals surface area contributed by atoms with Gasteiger partial charge in [-0.25, -0.2) is 12.8 Å². The second-order valence-corrected chi connectivity index (χ2v) is 8.55. The Morgan fingerprint density at radius 1 is 1.16 bits per heavy atom. The fourth-order valence-electron chi connectivity index (χ4n) is 2.71. The highest BCUT2D eigenvalue weighted by molar-refractivity contribution is 7.88. The Morgan fingerprint density at radius 2 is 1.84 bits per heavy atom. The number of alkyl halides is 3. The molecule has 1 heterocycles. The molecule has 0 aliphatic carbocycles. The number of ether oxygens (including phenoxy) is 2. The second-order valence-electron chi connectivity index (χ2n) is 6.77. The minimum Gasteiger partial charge on any atom is -0.485 e. The van der Waals surface area contributed by atoms with Crippen molar-refractivity contribution in [1.29, 1.82) is 0 Å². The maximum Gasteiger partial charge on any atom is 0.408 e. The number of pyridine rings is 1. The number of methoxy groups -OCH3 is 1. The van der Waals surface area contributed by atoms with E-state index in [9.17, 15) is 26.0 Å². The highest BCUT2D eigenvalue weighted by Crippen LogP contribution is 2.33. The van der Waals surface area contributed by atoms with Crippen molar-refractivity contribution in [2.45, 2.75) is 24.9 Å². The van der Waals surface area contributed by atoms with Crippen LogP contribution in [0.15, 0.2) is 42.7 Å². The number of aromatic nitrogens is 1. The van der Waals surface area contributed by atoms with Crippen LogP contribution in [0.2, 0.25) is 0 Å². The first kappa shape index (κ1) is 25.0. The van der Waals surface area contributed by atoms with Crippen molar-refractivity contribution >= 4 is 10.0 Å². The van der Waals surface area contributed by atoms with E-state index >= 15 is 0 Å². The molecule has 2 aromatic rings. The molecule has 0 aliphatic heterocycles. The lowest BCUT2D eigenvalue weighted by Crippen LogP contribution is -2.37. The third-order valence-electron chi connectivity index (χ3n) is 4.01. The third-order valence-corrected chi connectivity index (χ3v) is 4.67. The average Bonchev–Trinajstić information content (AvgIpc) is 2.65. The van der Waals surface area contributed by atoms with Crippen molar-refractivity contribution in [3.05, 3.63) is 59.7 Å². The molecule has 0 radical (unpaired) electrons. The van der Waals surface area contributed by atoms with Crippen molar-refractivity contribution < 1.29 is 35.5 Å². The van der Waals surface area contributed by atoms with Crippen LogP contribution in [-0.2, 0) is 21.3 Å². The summed E-state index contributed by atoms with van der Waals surface area (Å²) in [7, 11) is -2.57. The van der Waals surface area contributed by atoms with Gasteiger partial charge >= 0.3 is 6.18 Å². The molecule has 0 saturated carbocycles. The topological polar surface area (TPSA) is 89.6 Å². The van der Waals surface area contributed by atoms with Crippen LogP contribution in [0.1, 0.15) is 17.2 Å². The zero-order valence-corrected chi connectivity index (χ0v) is 17.6. The van der Waals surface area contributed by atoms with Crippen LogP contribution in [0.4, 0.5) is 17.6 Å². The normalized spacial score (nSPS) is 14.3. The lowest BCUT2D eigenvalue weighted by Gasteiger charge is -2.21. The predicted octanol–water partition coefficient (Wildman–Crippen LogP) is 2.56. The van der Waals surface area contributed by atoms with Crippen LogP contribution >= 0.6 is 0 Å². The van der Waals surface area contributed by atoms with Gasteiger partial charge in [-0.15, -0.1) is 0 Å². The van der Waals surface area contributed by atoms with Gasteiger partial charge in [-0.05, 0) is 11.1 Å². The van der Waals surface area contributed by atoms with E-state index in [1.807, 2.05) is 0 Å². The number of hydrogen-bond acceptors (Lipinski definition) is 6. The molecule has 0 amide bonds.